The Hall–Kier alpha value is -3.98. The molecule has 2 aromatic carbocycles. The van der Waals surface area contributed by atoms with Crippen LogP contribution in [0.4, 0.5) is 5.69 Å². The molecule has 0 saturated carbocycles. The highest BCUT2D eigenvalue weighted by Gasteiger charge is 2.27. The van der Waals surface area contributed by atoms with Crippen molar-refractivity contribution in [3.63, 3.8) is 0 Å². The summed E-state index contributed by atoms with van der Waals surface area (Å²) in [6.07, 6.45) is -0.166. The van der Waals surface area contributed by atoms with Gasteiger partial charge in [0.1, 0.15) is 17.3 Å². The van der Waals surface area contributed by atoms with Gasteiger partial charge < -0.3 is 29.0 Å². The van der Waals surface area contributed by atoms with Gasteiger partial charge >= 0.3 is 5.97 Å². The maximum atomic E-state index is 12.6. The van der Waals surface area contributed by atoms with Crippen LogP contribution in [0.2, 0.25) is 0 Å². The number of carbonyl (C=O) groups is 1. The molecular weight excluding hydrogens is 464 g/mol. The molecule has 190 valence electrons. The van der Waals surface area contributed by atoms with E-state index in [4.69, 9.17) is 13.9 Å². The van der Waals surface area contributed by atoms with E-state index in [2.05, 4.69) is 9.80 Å². The number of nitrogens with zero attached hydrogens (tertiary/aromatic N) is 2. The number of carbonyl (C=O) groups excluding carboxylic acids is 1. The molecule has 1 unspecified atom stereocenters. The van der Waals surface area contributed by atoms with Gasteiger partial charge in [-0.15, -0.1) is 0 Å². The first-order valence-electron chi connectivity index (χ1n) is 11.7. The van der Waals surface area contributed by atoms with Gasteiger partial charge in [-0.1, -0.05) is 12.1 Å². The lowest BCUT2D eigenvalue weighted by Crippen LogP contribution is -2.46. The van der Waals surface area contributed by atoms with E-state index in [1.807, 2.05) is 24.3 Å². The standard InChI is InChI=1S/C27H30N2O7/c1-34-21-8-6-19(7-9-21)29-12-10-28(11-13-29)17-22-15-24(31)26(33)27(36-22)23(16-25(32)35-2)18-4-3-5-20(30)14-18/h3-9,14-15,23,30,33H,10-13,16-17H2,1-2H3. The normalized spacial score (nSPS) is 14.9. The van der Waals surface area contributed by atoms with E-state index in [1.54, 1.807) is 19.2 Å². The number of esters is 1. The van der Waals surface area contributed by atoms with E-state index in [0.29, 0.717) is 17.9 Å². The molecule has 9 heteroatoms. The Labute approximate surface area is 209 Å². The molecule has 0 radical (unpaired) electrons. The summed E-state index contributed by atoms with van der Waals surface area (Å²) >= 11 is 0. The van der Waals surface area contributed by atoms with Gasteiger partial charge in [0.25, 0.3) is 0 Å². The summed E-state index contributed by atoms with van der Waals surface area (Å²) in [5, 5.41) is 20.5. The Morgan fingerprint density at radius 1 is 1.03 bits per heavy atom. The first-order chi connectivity index (χ1) is 17.4. The third kappa shape index (κ3) is 5.80. The fourth-order valence-corrected chi connectivity index (χ4v) is 4.40. The molecular formula is C27H30N2O7. The molecule has 4 rings (SSSR count). The van der Waals surface area contributed by atoms with Crippen LogP contribution in [0.5, 0.6) is 17.2 Å². The number of hydrogen-bond donors (Lipinski definition) is 2. The molecule has 0 amide bonds. The van der Waals surface area contributed by atoms with Gasteiger partial charge in [-0.3, -0.25) is 14.5 Å². The number of methoxy groups -OCH3 is 2. The molecule has 1 fully saturated rings. The molecule has 9 nitrogen and oxygen atoms in total. The van der Waals surface area contributed by atoms with Crippen molar-refractivity contribution >= 4 is 11.7 Å². The maximum absolute atomic E-state index is 12.6. The van der Waals surface area contributed by atoms with E-state index in [0.717, 1.165) is 37.6 Å². The molecule has 0 aliphatic carbocycles. The lowest BCUT2D eigenvalue weighted by Gasteiger charge is -2.36. The van der Waals surface area contributed by atoms with Crippen LogP contribution in [0.15, 0.2) is 63.8 Å². The van der Waals surface area contributed by atoms with E-state index in [9.17, 15) is 19.8 Å². The quantitative estimate of drug-likeness (QED) is 0.456. The minimum atomic E-state index is -0.802. The van der Waals surface area contributed by atoms with Crippen molar-refractivity contribution in [3.8, 4) is 17.2 Å². The molecule has 1 atom stereocenters. The summed E-state index contributed by atoms with van der Waals surface area (Å²) in [5.74, 6) is -0.720. The number of phenolic OH excluding ortho intramolecular Hbond substituents is 1. The van der Waals surface area contributed by atoms with Gasteiger partial charge in [-0.2, -0.15) is 0 Å². The Morgan fingerprint density at radius 3 is 2.39 bits per heavy atom. The molecule has 2 heterocycles. The SMILES string of the molecule is COC(=O)CC(c1cccc(O)c1)c1oc(CN2CCN(c3ccc(OC)cc3)CC2)cc(=O)c1O. The molecule has 1 aromatic heterocycles. The summed E-state index contributed by atoms with van der Waals surface area (Å²) in [6.45, 7) is 3.49. The van der Waals surface area contributed by atoms with Gasteiger partial charge in [0, 0.05) is 37.9 Å². The number of aromatic hydroxyl groups is 2. The zero-order valence-electron chi connectivity index (χ0n) is 20.3. The summed E-state index contributed by atoms with van der Waals surface area (Å²) in [7, 11) is 2.90. The van der Waals surface area contributed by atoms with Crippen molar-refractivity contribution < 1.29 is 28.9 Å². The number of benzene rings is 2. The fraction of sp³-hybridized carbons (Fsp3) is 0.333. The average Bonchev–Trinajstić information content (AvgIpc) is 2.89. The number of ether oxygens (including phenoxy) is 2. The Bertz CT molecular complexity index is 1250. The predicted octanol–water partition coefficient (Wildman–Crippen LogP) is 3.08. The number of piperazine rings is 1. The van der Waals surface area contributed by atoms with E-state index < -0.39 is 23.1 Å². The summed E-state index contributed by atoms with van der Waals surface area (Å²) in [6, 6.07) is 15.5. The van der Waals surface area contributed by atoms with Crippen molar-refractivity contribution in [2.24, 2.45) is 0 Å². The van der Waals surface area contributed by atoms with Gasteiger partial charge in [0.2, 0.25) is 11.2 Å². The minimum absolute atomic E-state index is 0.00455. The fourth-order valence-electron chi connectivity index (χ4n) is 4.40. The maximum Gasteiger partial charge on any atom is 0.306 e. The average molecular weight is 495 g/mol. The molecule has 1 aliphatic rings. The summed E-state index contributed by atoms with van der Waals surface area (Å²) in [5.41, 5.74) is 1.05. The lowest BCUT2D eigenvalue weighted by molar-refractivity contribution is -0.140. The van der Waals surface area contributed by atoms with Crippen LogP contribution in [-0.2, 0) is 16.1 Å². The minimum Gasteiger partial charge on any atom is -0.508 e. The second-order valence-corrected chi connectivity index (χ2v) is 8.68. The van der Waals surface area contributed by atoms with Crippen molar-refractivity contribution in [1.29, 1.82) is 0 Å². The van der Waals surface area contributed by atoms with E-state index in [1.165, 1.54) is 25.3 Å². The molecule has 1 saturated heterocycles. The van der Waals surface area contributed by atoms with Crippen LogP contribution in [0.3, 0.4) is 0 Å². The number of anilines is 1. The van der Waals surface area contributed by atoms with Crippen LogP contribution in [0.25, 0.3) is 0 Å². The Morgan fingerprint density at radius 2 is 1.75 bits per heavy atom. The Kier molecular flexibility index (Phi) is 7.80. The molecule has 2 N–H and O–H groups in total. The second-order valence-electron chi connectivity index (χ2n) is 8.68. The third-order valence-electron chi connectivity index (χ3n) is 6.38. The summed E-state index contributed by atoms with van der Waals surface area (Å²) in [4.78, 5) is 29.2. The van der Waals surface area contributed by atoms with Crippen LogP contribution in [-0.4, -0.2) is 61.5 Å². The molecule has 0 bridgehead atoms. The lowest BCUT2D eigenvalue weighted by atomic mass is 9.92. The second kappa shape index (κ2) is 11.2. The van der Waals surface area contributed by atoms with Crippen LogP contribution in [0, 0.1) is 0 Å². The van der Waals surface area contributed by atoms with Crippen LogP contribution < -0.4 is 15.1 Å². The first-order valence-corrected chi connectivity index (χ1v) is 11.7. The van der Waals surface area contributed by atoms with E-state index in [-0.39, 0.29) is 17.9 Å². The smallest absolute Gasteiger partial charge is 0.306 e. The topological polar surface area (TPSA) is 113 Å². The van der Waals surface area contributed by atoms with Gasteiger partial charge in [-0.05, 0) is 42.0 Å². The number of hydrogen-bond acceptors (Lipinski definition) is 9. The number of rotatable bonds is 8. The van der Waals surface area contributed by atoms with Gasteiger partial charge in [0.15, 0.2) is 5.76 Å². The zero-order chi connectivity index (χ0) is 25.7. The van der Waals surface area contributed by atoms with Crippen molar-refractivity contribution in [3.05, 3.63) is 81.9 Å². The highest BCUT2D eigenvalue weighted by molar-refractivity contribution is 5.71. The largest absolute Gasteiger partial charge is 0.508 e. The van der Waals surface area contributed by atoms with E-state index >= 15 is 0 Å². The van der Waals surface area contributed by atoms with Crippen molar-refractivity contribution in [2.75, 3.05) is 45.3 Å². The molecule has 3 aromatic rings. The molecule has 1 aliphatic heterocycles. The number of phenols is 1. The molecule has 0 spiro atoms. The monoisotopic (exact) mass is 494 g/mol. The summed E-state index contributed by atoms with van der Waals surface area (Å²) < 4.78 is 16.1. The highest BCUT2D eigenvalue weighted by atomic mass is 16.5. The first kappa shape index (κ1) is 25.1. The zero-order valence-corrected chi connectivity index (χ0v) is 20.3. The van der Waals surface area contributed by atoms with Gasteiger partial charge in [0.05, 0.1) is 33.1 Å². The van der Waals surface area contributed by atoms with Crippen LogP contribution >= 0.6 is 0 Å². The van der Waals surface area contributed by atoms with Crippen molar-refractivity contribution in [2.45, 2.75) is 18.9 Å². The van der Waals surface area contributed by atoms with Crippen molar-refractivity contribution in [1.82, 2.24) is 4.90 Å². The Balaban J connectivity index is 1.52. The molecule has 36 heavy (non-hydrogen) atoms. The van der Waals surface area contributed by atoms with Gasteiger partial charge in [-0.25, -0.2) is 0 Å². The van der Waals surface area contributed by atoms with Crippen LogP contribution in [0.1, 0.15) is 29.4 Å². The third-order valence-corrected chi connectivity index (χ3v) is 6.38. The highest BCUT2D eigenvalue weighted by Crippen LogP contribution is 2.35. The predicted molar refractivity (Wildman–Crippen MR) is 134 cm³/mol.